The molecule has 0 saturated carbocycles. The first-order valence-electron chi connectivity index (χ1n) is 9.64. The van der Waals surface area contributed by atoms with E-state index in [4.69, 9.17) is 21.1 Å². The number of ether oxygens (including phenoxy) is 2. The smallest absolute Gasteiger partial charge is 0.262 e. The molecule has 0 bridgehead atoms. The van der Waals surface area contributed by atoms with Crippen LogP contribution in [0.5, 0.6) is 11.5 Å². The summed E-state index contributed by atoms with van der Waals surface area (Å²) in [7, 11) is 1.70. The van der Waals surface area contributed by atoms with Crippen molar-refractivity contribution >= 4 is 28.9 Å². The van der Waals surface area contributed by atoms with Gasteiger partial charge in [0, 0.05) is 19.0 Å². The number of benzene rings is 2. The standard InChI is InChI=1S/C20H18ClFN6O3/c1-27-25-17(24-26-27)7-13-9-30-16-6-12(22)3-4-14(16)28(13)8-11-2-5-15-20(19(11)21)23-18(29)10-31-15/h2-6,13H,7-10H2,1H3,(H,23,29)/t13-/m0/s1. The monoisotopic (exact) mass is 444 g/mol. The van der Waals surface area contributed by atoms with Gasteiger partial charge in [-0.3, -0.25) is 4.79 Å². The minimum absolute atomic E-state index is 0.0434. The van der Waals surface area contributed by atoms with Gasteiger partial charge in [0.15, 0.2) is 12.4 Å². The number of rotatable bonds is 4. The Balaban J connectivity index is 1.50. The maximum Gasteiger partial charge on any atom is 0.262 e. The van der Waals surface area contributed by atoms with Crippen LogP contribution >= 0.6 is 11.6 Å². The molecule has 3 aromatic rings. The summed E-state index contributed by atoms with van der Waals surface area (Å²) >= 11 is 6.62. The third-order valence-corrected chi connectivity index (χ3v) is 5.65. The van der Waals surface area contributed by atoms with Gasteiger partial charge in [0.25, 0.3) is 5.91 Å². The second-order valence-corrected chi connectivity index (χ2v) is 7.73. The number of carbonyl (C=O) groups excluding carboxylic acids is 1. The van der Waals surface area contributed by atoms with E-state index < -0.39 is 0 Å². The number of tetrazole rings is 1. The van der Waals surface area contributed by atoms with Gasteiger partial charge in [-0.15, -0.1) is 10.2 Å². The quantitative estimate of drug-likeness (QED) is 0.660. The van der Waals surface area contributed by atoms with Crippen molar-refractivity contribution in [2.45, 2.75) is 19.0 Å². The molecule has 1 aromatic heterocycles. The molecule has 160 valence electrons. The fourth-order valence-electron chi connectivity index (χ4n) is 3.78. The minimum atomic E-state index is -0.376. The number of nitrogens with one attached hydrogen (secondary N) is 1. The van der Waals surface area contributed by atoms with Gasteiger partial charge < -0.3 is 19.7 Å². The Morgan fingerprint density at radius 3 is 2.94 bits per heavy atom. The van der Waals surface area contributed by atoms with Crippen molar-refractivity contribution in [3.63, 3.8) is 0 Å². The second-order valence-electron chi connectivity index (χ2n) is 7.35. The van der Waals surface area contributed by atoms with Crippen LogP contribution in [0.15, 0.2) is 30.3 Å². The van der Waals surface area contributed by atoms with Crippen LogP contribution < -0.4 is 19.7 Å². The van der Waals surface area contributed by atoms with E-state index in [0.29, 0.717) is 47.6 Å². The maximum absolute atomic E-state index is 13.8. The average Bonchev–Trinajstić information content (AvgIpc) is 3.16. The van der Waals surface area contributed by atoms with Crippen molar-refractivity contribution in [3.05, 3.63) is 52.6 Å². The first kappa shape index (κ1) is 19.6. The van der Waals surface area contributed by atoms with E-state index >= 15 is 0 Å². The molecule has 2 aliphatic heterocycles. The number of hydrogen-bond acceptors (Lipinski definition) is 7. The van der Waals surface area contributed by atoms with Crippen molar-refractivity contribution in [2.24, 2.45) is 7.05 Å². The summed E-state index contributed by atoms with van der Waals surface area (Å²) in [5.74, 6) is 0.917. The van der Waals surface area contributed by atoms with Gasteiger partial charge in [0.1, 0.15) is 29.6 Å². The molecular formula is C20H18ClFN6O3. The summed E-state index contributed by atoms with van der Waals surface area (Å²) in [6, 6.07) is 7.93. The van der Waals surface area contributed by atoms with Gasteiger partial charge in [-0.05, 0) is 29.0 Å². The van der Waals surface area contributed by atoms with Crippen LogP contribution in [0.3, 0.4) is 0 Å². The first-order valence-corrected chi connectivity index (χ1v) is 10.0. The molecular weight excluding hydrogens is 427 g/mol. The molecule has 0 fully saturated rings. The molecule has 11 heteroatoms. The summed E-state index contributed by atoms with van der Waals surface area (Å²) in [5, 5.41) is 15.4. The number of anilines is 2. The number of hydrogen-bond donors (Lipinski definition) is 1. The number of aryl methyl sites for hydroxylation is 1. The van der Waals surface area contributed by atoms with Crippen LogP contribution in [0.1, 0.15) is 11.4 Å². The lowest BCUT2D eigenvalue weighted by atomic mass is 10.1. The van der Waals surface area contributed by atoms with Crippen molar-refractivity contribution in [2.75, 3.05) is 23.4 Å². The molecule has 0 unspecified atom stereocenters. The number of fused-ring (bicyclic) bond motifs is 2. The van der Waals surface area contributed by atoms with Crippen molar-refractivity contribution in [1.82, 2.24) is 20.2 Å². The summed E-state index contributed by atoms with van der Waals surface area (Å²) in [6.45, 7) is 0.671. The van der Waals surface area contributed by atoms with E-state index in [1.54, 1.807) is 19.2 Å². The van der Waals surface area contributed by atoms with Crippen LogP contribution in [0.4, 0.5) is 15.8 Å². The summed E-state index contributed by atoms with van der Waals surface area (Å²) in [6.07, 6.45) is 0.479. The highest BCUT2D eigenvalue weighted by Crippen LogP contribution is 2.41. The van der Waals surface area contributed by atoms with Gasteiger partial charge >= 0.3 is 0 Å². The molecule has 5 rings (SSSR count). The second kappa shape index (κ2) is 7.69. The highest BCUT2D eigenvalue weighted by atomic mass is 35.5. The largest absolute Gasteiger partial charge is 0.489 e. The van der Waals surface area contributed by atoms with E-state index in [-0.39, 0.29) is 24.4 Å². The average molecular weight is 445 g/mol. The molecule has 2 aromatic carbocycles. The highest BCUT2D eigenvalue weighted by Gasteiger charge is 2.31. The zero-order chi connectivity index (χ0) is 21.5. The van der Waals surface area contributed by atoms with E-state index in [2.05, 4.69) is 25.6 Å². The molecule has 31 heavy (non-hydrogen) atoms. The fraction of sp³-hybridized carbons (Fsp3) is 0.300. The van der Waals surface area contributed by atoms with E-state index in [0.717, 1.165) is 11.3 Å². The van der Waals surface area contributed by atoms with E-state index in [9.17, 15) is 9.18 Å². The fourth-order valence-corrected chi connectivity index (χ4v) is 4.04. The summed E-state index contributed by atoms with van der Waals surface area (Å²) < 4.78 is 25.0. The van der Waals surface area contributed by atoms with Crippen LogP contribution in [-0.2, 0) is 24.8 Å². The predicted octanol–water partition coefficient (Wildman–Crippen LogP) is 2.34. The van der Waals surface area contributed by atoms with Gasteiger partial charge in [-0.25, -0.2) is 4.39 Å². The first-order chi connectivity index (χ1) is 15.0. The zero-order valence-electron chi connectivity index (χ0n) is 16.5. The lowest BCUT2D eigenvalue weighted by Crippen LogP contribution is -2.44. The number of carbonyl (C=O) groups is 1. The number of halogens is 2. The Labute approximate surface area is 181 Å². The van der Waals surface area contributed by atoms with E-state index in [1.807, 2.05) is 6.07 Å². The maximum atomic E-state index is 13.8. The predicted molar refractivity (Wildman–Crippen MR) is 110 cm³/mol. The van der Waals surface area contributed by atoms with Crippen LogP contribution in [0.25, 0.3) is 0 Å². The third-order valence-electron chi connectivity index (χ3n) is 5.22. The Hall–Kier alpha value is -3.40. The molecule has 0 spiro atoms. The van der Waals surface area contributed by atoms with Gasteiger partial charge in [0.05, 0.1) is 23.8 Å². The normalized spacial score (nSPS) is 17.3. The SMILES string of the molecule is Cn1nnc(C[C@H]2COc3cc(F)ccc3N2Cc2ccc3c(c2Cl)NC(=O)CO3)n1. The lowest BCUT2D eigenvalue weighted by molar-refractivity contribution is -0.118. The Bertz CT molecular complexity index is 1170. The molecule has 1 N–H and O–H groups in total. The third kappa shape index (κ3) is 3.74. The van der Waals surface area contributed by atoms with Gasteiger partial charge in [-0.2, -0.15) is 4.80 Å². The number of nitrogens with zero attached hydrogens (tertiary/aromatic N) is 5. The molecule has 3 heterocycles. The Morgan fingerprint density at radius 1 is 1.26 bits per heavy atom. The molecule has 9 nitrogen and oxygen atoms in total. The summed E-state index contributed by atoms with van der Waals surface area (Å²) in [5.41, 5.74) is 1.96. The van der Waals surface area contributed by atoms with Gasteiger partial charge in [0.2, 0.25) is 0 Å². The van der Waals surface area contributed by atoms with Crippen LogP contribution in [0, 0.1) is 5.82 Å². The van der Waals surface area contributed by atoms with Crippen molar-refractivity contribution in [3.8, 4) is 11.5 Å². The minimum Gasteiger partial charge on any atom is -0.489 e. The van der Waals surface area contributed by atoms with Crippen LogP contribution in [0.2, 0.25) is 5.02 Å². The Kier molecular flexibility index (Phi) is 4.85. The number of aromatic nitrogens is 4. The topological polar surface area (TPSA) is 94.4 Å². The molecule has 0 saturated heterocycles. The molecule has 0 radical (unpaired) electrons. The zero-order valence-corrected chi connectivity index (χ0v) is 17.3. The Morgan fingerprint density at radius 2 is 2.13 bits per heavy atom. The van der Waals surface area contributed by atoms with Gasteiger partial charge in [-0.1, -0.05) is 17.7 Å². The molecule has 0 aliphatic carbocycles. The molecule has 1 atom stereocenters. The lowest BCUT2D eigenvalue weighted by Gasteiger charge is -2.38. The van der Waals surface area contributed by atoms with Crippen LogP contribution in [-0.4, -0.2) is 45.4 Å². The summed E-state index contributed by atoms with van der Waals surface area (Å²) in [4.78, 5) is 15.2. The molecule has 1 amide bonds. The van der Waals surface area contributed by atoms with Crippen molar-refractivity contribution < 1.29 is 18.7 Å². The molecule has 2 aliphatic rings. The highest BCUT2D eigenvalue weighted by molar-refractivity contribution is 6.35. The van der Waals surface area contributed by atoms with E-state index in [1.165, 1.54) is 16.9 Å². The number of amides is 1. The van der Waals surface area contributed by atoms with Crippen molar-refractivity contribution in [1.29, 1.82) is 0 Å².